The quantitative estimate of drug-likeness (QED) is 0.615. The second-order valence-electron chi connectivity index (χ2n) is 7.25. The minimum atomic E-state index is 0.0941. The van der Waals surface area contributed by atoms with Gasteiger partial charge in [-0.05, 0) is 38.1 Å². The van der Waals surface area contributed by atoms with Gasteiger partial charge >= 0.3 is 0 Å². The first kappa shape index (κ1) is 20.6. The van der Waals surface area contributed by atoms with Gasteiger partial charge in [0.25, 0.3) is 0 Å². The van der Waals surface area contributed by atoms with Crippen molar-refractivity contribution in [2.45, 2.75) is 20.3 Å². The molecule has 2 aromatic heterocycles. The van der Waals surface area contributed by atoms with E-state index in [1.54, 1.807) is 35.3 Å². The van der Waals surface area contributed by atoms with Crippen LogP contribution in [0.25, 0.3) is 5.69 Å². The van der Waals surface area contributed by atoms with Gasteiger partial charge < -0.3 is 9.80 Å². The molecule has 3 aromatic rings. The Balaban J connectivity index is 1.46. The molecule has 1 aliphatic heterocycles. The van der Waals surface area contributed by atoms with Crippen LogP contribution in [0, 0.1) is 13.8 Å². The van der Waals surface area contributed by atoms with Crippen LogP contribution in [0.2, 0.25) is 10.0 Å². The molecule has 156 valence electrons. The molecule has 3 heterocycles. The summed E-state index contributed by atoms with van der Waals surface area (Å²) in [4.78, 5) is 25.5. The number of rotatable bonds is 4. The van der Waals surface area contributed by atoms with E-state index in [-0.39, 0.29) is 5.91 Å². The summed E-state index contributed by atoms with van der Waals surface area (Å²) in [6.07, 6.45) is 3.77. The summed E-state index contributed by atoms with van der Waals surface area (Å²) in [5.74, 6) is 0.800. The van der Waals surface area contributed by atoms with Crippen molar-refractivity contribution in [1.29, 1.82) is 0 Å². The number of carbonyl (C=O) groups is 1. The highest BCUT2D eigenvalue weighted by molar-refractivity contribution is 6.35. The smallest absolute Gasteiger partial charge is 0.227 e. The summed E-state index contributed by atoms with van der Waals surface area (Å²) in [7, 11) is 0. The zero-order valence-electron chi connectivity index (χ0n) is 16.8. The number of carbonyl (C=O) groups excluding carboxylic acids is 1. The second kappa shape index (κ2) is 8.62. The average molecular weight is 445 g/mol. The molecule has 30 heavy (non-hydrogen) atoms. The number of aromatic nitrogens is 4. The molecule has 4 rings (SSSR count). The van der Waals surface area contributed by atoms with Crippen LogP contribution in [0.3, 0.4) is 0 Å². The van der Waals surface area contributed by atoms with Crippen LogP contribution in [0.1, 0.15) is 17.0 Å². The Kier molecular flexibility index (Phi) is 5.92. The lowest BCUT2D eigenvalue weighted by Gasteiger charge is -2.34. The van der Waals surface area contributed by atoms with Crippen LogP contribution < -0.4 is 4.90 Å². The summed E-state index contributed by atoms with van der Waals surface area (Å²) in [6, 6.07) is 7.10. The Bertz CT molecular complexity index is 1060. The molecule has 0 radical (unpaired) electrons. The lowest BCUT2D eigenvalue weighted by Crippen LogP contribution is -2.49. The first-order valence-electron chi connectivity index (χ1n) is 9.74. The van der Waals surface area contributed by atoms with Gasteiger partial charge in [-0.2, -0.15) is 5.10 Å². The van der Waals surface area contributed by atoms with E-state index in [0.717, 1.165) is 22.6 Å². The van der Waals surface area contributed by atoms with Crippen LogP contribution in [-0.4, -0.2) is 56.7 Å². The minimum absolute atomic E-state index is 0.0941. The van der Waals surface area contributed by atoms with Crippen molar-refractivity contribution in [1.82, 2.24) is 24.6 Å². The fraction of sp³-hybridized carbons (Fsp3) is 0.333. The topological polar surface area (TPSA) is 67.2 Å². The molecule has 1 saturated heterocycles. The molecule has 9 heteroatoms. The summed E-state index contributed by atoms with van der Waals surface area (Å²) in [5.41, 5.74) is 3.40. The van der Waals surface area contributed by atoms with Gasteiger partial charge in [0.15, 0.2) is 0 Å². The average Bonchev–Trinajstić information content (AvgIpc) is 3.02. The van der Waals surface area contributed by atoms with Crippen LogP contribution in [0.5, 0.6) is 0 Å². The highest BCUT2D eigenvalue weighted by atomic mass is 35.5. The van der Waals surface area contributed by atoms with E-state index >= 15 is 0 Å². The van der Waals surface area contributed by atoms with Crippen molar-refractivity contribution < 1.29 is 4.79 Å². The van der Waals surface area contributed by atoms with Gasteiger partial charge in [-0.1, -0.05) is 23.2 Å². The molecule has 1 aliphatic rings. The van der Waals surface area contributed by atoms with Crippen LogP contribution >= 0.6 is 23.2 Å². The number of benzene rings is 1. The van der Waals surface area contributed by atoms with Crippen LogP contribution in [0.15, 0.2) is 36.7 Å². The first-order chi connectivity index (χ1) is 14.4. The van der Waals surface area contributed by atoms with Crippen molar-refractivity contribution >= 4 is 35.1 Å². The Morgan fingerprint density at radius 2 is 1.77 bits per heavy atom. The standard InChI is InChI=1S/C21H22Cl2N6O/c1-14-17(15(2)29(26-14)19-5-4-16(22)12-18(19)23)13-20(30)27-8-10-28(11-9-27)21-24-6-3-7-25-21/h3-7,12H,8-11,13H2,1-2H3. The number of amides is 1. The third kappa shape index (κ3) is 4.13. The van der Waals surface area contributed by atoms with Crippen molar-refractivity contribution in [3.8, 4) is 5.69 Å². The van der Waals surface area contributed by atoms with E-state index in [1.807, 2.05) is 24.8 Å². The fourth-order valence-electron chi connectivity index (χ4n) is 3.69. The maximum Gasteiger partial charge on any atom is 0.227 e. The van der Waals surface area contributed by atoms with Gasteiger partial charge in [-0.3, -0.25) is 4.79 Å². The predicted molar refractivity (Wildman–Crippen MR) is 118 cm³/mol. The molecular formula is C21H22Cl2N6O. The molecular weight excluding hydrogens is 423 g/mol. The number of piperazine rings is 1. The predicted octanol–water partition coefficient (Wildman–Crippen LogP) is 3.48. The van der Waals surface area contributed by atoms with E-state index in [2.05, 4.69) is 20.0 Å². The van der Waals surface area contributed by atoms with Crippen LogP contribution in [0.4, 0.5) is 5.95 Å². The Labute approximate surface area is 185 Å². The van der Waals surface area contributed by atoms with Gasteiger partial charge in [0, 0.05) is 54.9 Å². The van der Waals surface area contributed by atoms with Gasteiger partial charge in [0.2, 0.25) is 11.9 Å². The minimum Gasteiger partial charge on any atom is -0.339 e. The molecule has 0 bridgehead atoms. The van der Waals surface area contributed by atoms with Crippen molar-refractivity contribution in [3.05, 3.63) is 63.7 Å². The number of nitrogens with zero attached hydrogens (tertiary/aromatic N) is 6. The zero-order chi connectivity index (χ0) is 21.3. The van der Waals surface area contributed by atoms with Crippen LogP contribution in [-0.2, 0) is 11.2 Å². The normalized spacial score (nSPS) is 14.3. The summed E-state index contributed by atoms with van der Waals surface area (Å²) >= 11 is 12.4. The fourth-order valence-corrected chi connectivity index (χ4v) is 4.18. The molecule has 0 aliphatic carbocycles. The van der Waals surface area contributed by atoms with E-state index < -0.39 is 0 Å². The maximum absolute atomic E-state index is 13.0. The molecule has 1 aromatic carbocycles. The lowest BCUT2D eigenvalue weighted by molar-refractivity contribution is -0.130. The van der Waals surface area contributed by atoms with E-state index in [9.17, 15) is 4.79 Å². The SMILES string of the molecule is Cc1nn(-c2ccc(Cl)cc2Cl)c(C)c1CC(=O)N1CCN(c2ncccn2)CC1. The third-order valence-corrected chi connectivity index (χ3v) is 5.91. The molecule has 1 fully saturated rings. The lowest BCUT2D eigenvalue weighted by atomic mass is 10.1. The summed E-state index contributed by atoms with van der Waals surface area (Å²) in [5, 5.41) is 5.70. The molecule has 0 N–H and O–H groups in total. The number of hydrogen-bond acceptors (Lipinski definition) is 5. The second-order valence-corrected chi connectivity index (χ2v) is 8.09. The molecule has 1 amide bonds. The van der Waals surface area contributed by atoms with Gasteiger partial charge in [-0.15, -0.1) is 0 Å². The molecule has 0 unspecified atom stereocenters. The van der Waals surface area contributed by atoms with E-state index in [4.69, 9.17) is 23.2 Å². The van der Waals surface area contributed by atoms with Gasteiger partial charge in [0.05, 0.1) is 22.8 Å². The van der Waals surface area contributed by atoms with E-state index in [0.29, 0.717) is 48.6 Å². The maximum atomic E-state index is 13.0. The third-order valence-electron chi connectivity index (χ3n) is 5.37. The molecule has 7 nitrogen and oxygen atoms in total. The number of halogens is 2. The number of hydrogen-bond donors (Lipinski definition) is 0. The monoisotopic (exact) mass is 444 g/mol. The molecule has 0 spiro atoms. The number of anilines is 1. The first-order valence-corrected chi connectivity index (χ1v) is 10.5. The summed E-state index contributed by atoms with van der Waals surface area (Å²) < 4.78 is 1.78. The highest BCUT2D eigenvalue weighted by Crippen LogP contribution is 2.27. The van der Waals surface area contributed by atoms with Crippen molar-refractivity contribution in [3.63, 3.8) is 0 Å². The van der Waals surface area contributed by atoms with E-state index in [1.165, 1.54) is 0 Å². The Morgan fingerprint density at radius 1 is 1.07 bits per heavy atom. The van der Waals surface area contributed by atoms with Gasteiger partial charge in [0.1, 0.15) is 0 Å². The highest BCUT2D eigenvalue weighted by Gasteiger charge is 2.25. The molecule has 0 atom stereocenters. The largest absolute Gasteiger partial charge is 0.339 e. The Hall–Kier alpha value is -2.64. The molecule has 0 saturated carbocycles. The summed E-state index contributed by atoms with van der Waals surface area (Å²) in [6.45, 7) is 6.60. The Morgan fingerprint density at radius 3 is 2.43 bits per heavy atom. The zero-order valence-corrected chi connectivity index (χ0v) is 18.4. The van der Waals surface area contributed by atoms with Gasteiger partial charge in [-0.25, -0.2) is 14.6 Å². The number of aryl methyl sites for hydroxylation is 1. The van der Waals surface area contributed by atoms with Crippen molar-refractivity contribution in [2.75, 3.05) is 31.1 Å². The van der Waals surface area contributed by atoms with Crippen molar-refractivity contribution in [2.24, 2.45) is 0 Å².